The molecule has 0 spiro atoms. The maximum Gasteiger partial charge on any atom is 0.374 e. The number of aromatic carboxylic acids is 1. The van der Waals surface area contributed by atoms with Crippen LogP contribution in [0, 0.1) is 0 Å². The molecule has 0 radical (unpaired) electrons. The summed E-state index contributed by atoms with van der Waals surface area (Å²) in [6.07, 6.45) is 0. The number of halogens is 1. The minimum absolute atomic E-state index is 0.0725. The quantitative estimate of drug-likeness (QED) is 0.102. The summed E-state index contributed by atoms with van der Waals surface area (Å²) in [5.74, 6) is -2.97. The molecule has 3 heterocycles. The summed E-state index contributed by atoms with van der Waals surface area (Å²) in [5, 5.41) is 25.5. The Labute approximate surface area is 270 Å². The van der Waals surface area contributed by atoms with Gasteiger partial charge in [-0.05, 0) is 21.3 Å². The summed E-state index contributed by atoms with van der Waals surface area (Å²) in [5.41, 5.74) is 20.3. The SMILES string of the molecule is O=C(O)c1cc(-c2ccccc2)no1.[2H]CF.[N-]=[N+]=NC(=O)c1cc(-c2ccccc2)no1.[N-]=[N+]=NC(=O)c1cc(-c2ccccc2)no1. The van der Waals surface area contributed by atoms with Gasteiger partial charge >= 0.3 is 5.97 Å². The third-order valence-electron chi connectivity index (χ3n) is 5.64. The smallest absolute Gasteiger partial charge is 0.374 e. The minimum Gasteiger partial charge on any atom is -0.475 e. The Morgan fingerprint density at radius 3 is 1.21 bits per heavy atom. The molecule has 1 N–H and O–H groups in total. The number of carboxylic acid groups (broad SMARTS) is 1. The van der Waals surface area contributed by atoms with Gasteiger partial charge < -0.3 is 18.7 Å². The second kappa shape index (κ2) is 18.5. The van der Waals surface area contributed by atoms with E-state index in [1.165, 1.54) is 18.2 Å². The number of carboxylic acids is 1. The molecule has 0 saturated heterocycles. The van der Waals surface area contributed by atoms with Gasteiger partial charge in [-0.3, -0.25) is 14.0 Å². The number of hydrogen-bond acceptors (Lipinski definition) is 9. The molecule has 48 heavy (non-hydrogen) atoms. The number of hydrogen-bond donors (Lipinski definition) is 1. The highest BCUT2D eigenvalue weighted by atomic mass is 19.1. The highest BCUT2D eigenvalue weighted by molar-refractivity contribution is 5.93. The topological polar surface area (TPSA) is 247 Å². The second-order valence-corrected chi connectivity index (χ2v) is 8.62. The van der Waals surface area contributed by atoms with Gasteiger partial charge in [0.15, 0.2) is 0 Å². The van der Waals surface area contributed by atoms with Gasteiger partial charge in [-0.15, -0.1) is 0 Å². The van der Waals surface area contributed by atoms with Crippen LogP contribution in [0.2, 0.25) is 0 Å². The molecule has 0 bridgehead atoms. The summed E-state index contributed by atoms with van der Waals surface area (Å²) in [6, 6.07) is 32.0. The zero-order chi connectivity index (χ0) is 35.4. The lowest BCUT2D eigenvalue weighted by atomic mass is 10.1. The number of aromatic nitrogens is 3. The number of rotatable bonds is 6. The first-order valence-electron chi connectivity index (χ1n) is 13.9. The van der Waals surface area contributed by atoms with Gasteiger partial charge in [0.05, 0.1) is 8.52 Å². The zero-order valence-electron chi connectivity index (χ0n) is 25.4. The molecule has 0 aliphatic heterocycles. The fourth-order valence-corrected chi connectivity index (χ4v) is 3.54. The van der Waals surface area contributed by atoms with E-state index in [1.807, 2.05) is 91.0 Å². The van der Waals surface area contributed by atoms with Crippen LogP contribution >= 0.6 is 0 Å². The van der Waals surface area contributed by atoms with Gasteiger partial charge in [0.1, 0.15) is 17.1 Å². The first-order chi connectivity index (χ1) is 23.8. The first kappa shape index (κ1) is 33.5. The Balaban J connectivity index is 0.000000192. The molecule has 3 aromatic carbocycles. The molecule has 16 nitrogen and oxygen atoms in total. The maximum atomic E-state index is 11.1. The lowest BCUT2D eigenvalue weighted by molar-refractivity contribution is 0.0651. The number of azide groups is 2. The van der Waals surface area contributed by atoms with E-state index in [-0.39, 0.29) is 17.3 Å². The third kappa shape index (κ3) is 10.1. The average Bonchev–Trinajstić information content (AvgIpc) is 3.93. The first-order valence-corrected chi connectivity index (χ1v) is 13.1. The van der Waals surface area contributed by atoms with Crippen molar-refractivity contribution in [3.05, 3.63) is 147 Å². The summed E-state index contributed by atoms with van der Waals surface area (Å²) in [6.45, 7) is 0. The lowest BCUT2D eigenvalue weighted by Crippen LogP contribution is -1.91. The van der Waals surface area contributed by atoms with Gasteiger partial charge in [0.2, 0.25) is 17.3 Å². The fraction of sp³-hybridized carbons (Fsp3) is 0.0323. The molecular weight excluding hydrogens is 629 g/mol. The zero-order valence-corrected chi connectivity index (χ0v) is 24.4. The summed E-state index contributed by atoms with van der Waals surface area (Å²) in [4.78, 5) is 37.5. The summed E-state index contributed by atoms with van der Waals surface area (Å²) < 4.78 is 29.7. The molecule has 0 aliphatic carbocycles. The molecule has 0 fully saturated rings. The van der Waals surface area contributed by atoms with E-state index in [0.717, 1.165) is 16.7 Å². The molecule has 6 rings (SSSR count). The standard InChI is InChI=1S/2C10H6N4O2.C10H7NO3.CH3F/c2*11-14-12-10(15)9-6-8(13-16-9)7-4-2-1-3-5-7;12-10(13)9-6-8(11-14-9)7-4-2-1-3-5-7;1-2/h2*1-6H;1-6H,(H,12,13);1H3/i;;;1D. The molecule has 0 atom stereocenters. The predicted octanol–water partition coefficient (Wildman–Crippen LogP) is 8.21. The van der Waals surface area contributed by atoms with Crippen molar-refractivity contribution in [2.45, 2.75) is 0 Å². The monoisotopic (exact) mass is 652 g/mol. The van der Waals surface area contributed by atoms with Gasteiger partial charge in [0, 0.05) is 44.7 Å². The van der Waals surface area contributed by atoms with Crippen molar-refractivity contribution in [3.8, 4) is 33.8 Å². The van der Waals surface area contributed by atoms with E-state index in [9.17, 15) is 18.8 Å². The molecule has 0 saturated carbocycles. The summed E-state index contributed by atoms with van der Waals surface area (Å²) in [7, 11) is -1.00. The van der Waals surface area contributed by atoms with Gasteiger partial charge in [0.25, 0.3) is 11.8 Å². The van der Waals surface area contributed by atoms with E-state index < -0.39 is 24.9 Å². The molecule has 0 aliphatic rings. The molecule has 3 aromatic heterocycles. The highest BCUT2D eigenvalue weighted by Gasteiger charge is 2.13. The number of alkyl halides is 1. The van der Waals surface area contributed by atoms with Crippen molar-refractivity contribution < 1.29 is 38.8 Å². The Morgan fingerprint density at radius 1 is 0.646 bits per heavy atom. The van der Waals surface area contributed by atoms with E-state index in [4.69, 9.17) is 26.6 Å². The van der Waals surface area contributed by atoms with Crippen LogP contribution in [-0.2, 0) is 0 Å². The Bertz CT molecular complexity index is 1950. The van der Waals surface area contributed by atoms with Crippen LogP contribution in [0.25, 0.3) is 54.7 Å². The molecule has 17 heteroatoms. The van der Waals surface area contributed by atoms with Crippen molar-refractivity contribution in [1.82, 2.24) is 15.5 Å². The molecular formula is C31H22FN9O7. The van der Waals surface area contributed by atoms with Crippen molar-refractivity contribution in [3.63, 3.8) is 0 Å². The average molecular weight is 653 g/mol. The number of carbonyl (C=O) groups is 3. The molecule has 0 unspecified atom stereocenters. The maximum absolute atomic E-state index is 11.1. The van der Waals surface area contributed by atoms with E-state index in [1.54, 1.807) is 0 Å². The van der Waals surface area contributed by atoms with Crippen molar-refractivity contribution in [1.29, 1.82) is 0 Å². The number of amides is 2. The minimum atomic E-state index is -1.11. The lowest BCUT2D eigenvalue weighted by Gasteiger charge is -1.91. The largest absolute Gasteiger partial charge is 0.475 e. The highest BCUT2D eigenvalue weighted by Crippen LogP contribution is 2.20. The Hall–Kier alpha value is -7.35. The summed E-state index contributed by atoms with van der Waals surface area (Å²) >= 11 is 0. The Kier molecular flexibility index (Phi) is 12.9. The second-order valence-electron chi connectivity index (χ2n) is 8.62. The van der Waals surface area contributed by atoms with Crippen LogP contribution in [0.15, 0.2) is 133 Å². The van der Waals surface area contributed by atoms with Gasteiger partial charge in [-0.25, -0.2) is 4.79 Å². The fourth-order valence-electron chi connectivity index (χ4n) is 3.54. The van der Waals surface area contributed by atoms with Crippen molar-refractivity contribution in [2.24, 2.45) is 10.2 Å². The van der Waals surface area contributed by atoms with Gasteiger partial charge in [-0.1, -0.05) is 106 Å². The van der Waals surface area contributed by atoms with Crippen molar-refractivity contribution in [2.75, 3.05) is 7.15 Å². The number of benzene rings is 3. The van der Waals surface area contributed by atoms with Crippen LogP contribution < -0.4 is 0 Å². The van der Waals surface area contributed by atoms with Crippen LogP contribution in [-0.4, -0.2) is 45.5 Å². The molecule has 2 amide bonds. The predicted molar refractivity (Wildman–Crippen MR) is 167 cm³/mol. The van der Waals surface area contributed by atoms with E-state index >= 15 is 0 Å². The molecule has 240 valence electrons. The van der Waals surface area contributed by atoms with Gasteiger partial charge in [-0.2, -0.15) is 0 Å². The van der Waals surface area contributed by atoms with E-state index in [0.29, 0.717) is 17.1 Å². The molecule has 6 aromatic rings. The van der Waals surface area contributed by atoms with Crippen molar-refractivity contribution >= 4 is 17.8 Å². The third-order valence-corrected chi connectivity index (χ3v) is 5.64. The van der Waals surface area contributed by atoms with E-state index in [2.05, 4.69) is 40.0 Å². The van der Waals surface area contributed by atoms with Crippen LogP contribution in [0.3, 0.4) is 0 Å². The number of nitrogens with zero attached hydrogens (tertiary/aromatic N) is 9. The number of carbonyl (C=O) groups excluding carboxylic acids is 2. The normalized spacial score (nSPS) is 9.65. The van der Waals surface area contributed by atoms with Crippen LogP contribution in [0.1, 0.15) is 33.0 Å². The Morgan fingerprint density at radius 2 is 0.938 bits per heavy atom. The van der Waals surface area contributed by atoms with Crippen LogP contribution in [0.4, 0.5) is 4.39 Å². The van der Waals surface area contributed by atoms with Crippen LogP contribution in [0.5, 0.6) is 0 Å².